The van der Waals surface area contributed by atoms with E-state index in [1.54, 1.807) is 12.1 Å². The third-order valence-corrected chi connectivity index (χ3v) is 3.85. The third-order valence-electron chi connectivity index (χ3n) is 2.71. The highest BCUT2D eigenvalue weighted by molar-refractivity contribution is 7.99. The second kappa shape index (κ2) is 6.06. The maximum Gasteiger partial charge on any atom is 0.356 e. The average molecular weight is 268 g/mol. The highest BCUT2D eigenvalue weighted by atomic mass is 32.2. The second-order valence-electron chi connectivity index (χ2n) is 4.03. The molecule has 0 spiro atoms. The number of hydrogen-bond acceptors (Lipinski definition) is 6. The maximum atomic E-state index is 11.4. The topological polar surface area (TPSA) is 74.4 Å². The minimum absolute atomic E-state index is 0.262. The molecule has 6 heteroatoms. The monoisotopic (exact) mass is 268 g/mol. The smallest absolute Gasteiger partial charge is 0.356 e. The van der Waals surface area contributed by atoms with E-state index >= 15 is 0 Å². The van der Waals surface area contributed by atoms with E-state index in [1.165, 1.54) is 18.9 Å². The van der Waals surface area contributed by atoms with Crippen LogP contribution in [0.3, 0.4) is 0 Å². The first-order chi connectivity index (χ1) is 8.70. The number of nitrogens with two attached hydrogens (primary N) is 1. The normalized spacial score (nSPS) is 18.8. The summed E-state index contributed by atoms with van der Waals surface area (Å²) in [6, 6.07) is 3.24. The van der Waals surface area contributed by atoms with Crippen LogP contribution in [-0.2, 0) is 9.47 Å². The summed E-state index contributed by atoms with van der Waals surface area (Å²) >= 11 is 1.52. The summed E-state index contributed by atoms with van der Waals surface area (Å²) in [5.74, 6) is 0.357. The summed E-state index contributed by atoms with van der Waals surface area (Å²) in [6.45, 7) is 0.830. The lowest BCUT2D eigenvalue weighted by molar-refractivity contribution is 0.0593. The van der Waals surface area contributed by atoms with Gasteiger partial charge in [0.05, 0.1) is 18.9 Å². The van der Waals surface area contributed by atoms with E-state index in [2.05, 4.69) is 9.72 Å². The Morgan fingerprint density at radius 3 is 3.17 bits per heavy atom. The van der Waals surface area contributed by atoms with Crippen molar-refractivity contribution in [2.24, 2.45) is 0 Å². The SMILES string of the molecule is COC(=O)c1ccc(N)c(SCC2CCCO2)n1. The van der Waals surface area contributed by atoms with Crippen LogP contribution in [0.4, 0.5) is 5.69 Å². The predicted octanol–water partition coefficient (Wildman–Crippen LogP) is 1.72. The minimum atomic E-state index is -0.450. The van der Waals surface area contributed by atoms with Crippen LogP contribution in [0.2, 0.25) is 0 Å². The standard InChI is InChI=1S/C12H16N2O3S/c1-16-12(15)10-5-4-9(13)11(14-10)18-7-8-3-2-6-17-8/h4-5,8H,2-3,6-7,13H2,1H3. The first-order valence-electron chi connectivity index (χ1n) is 5.80. The van der Waals surface area contributed by atoms with E-state index in [-0.39, 0.29) is 11.8 Å². The summed E-state index contributed by atoms with van der Waals surface area (Å²) < 4.78 is 10.2. The van der Waals surface area contributed by atoms with Crippen molar-refractivity contribution in [3.05, 3.63) is 17.8 Å². The summed E-state index contributed by atoms with van der Waals surface area (Å²) in [4.78, 5) is 15.6. The average Bonchev–Trinajstić information content (AvgIpc) is 2.90. The number of ether oxygens (including phenoxy) is 2. The molecule has 1 aliphatic rings. The Morgan fingerprint density at radius 2 is 2.50 bits per heavy atom. The fourth-order valence-electron chi connectivity index (χ4n) is 1.73. The molecular weight excluding hydrogens is 252 g/mol. The van der Waals surface area contributed by atoms with Gasteiger partial charge in [0, 0.05) is 12.4 Å². The van der Waals surface area contributed by atoms with Crippen LogP contribution in [0.15, 0.2) is 17.2 Å². The van der Waals surface area contributed by atoms with E-state index < -0.39 is 5.97 Å². The van der Waals surface area contributed by atoms with Crippen molar-refractivity contribution in [2.45, 2.75) is 24.0 Å². The van der Waals surface area contributed by atoms with Gasteiger partial charge in [-0.25, -0.2) is 9.78 Å². The van der Waals surface area contributed by atoms with Crippen LogP contribution in [0.1, 0.15) is 23.3 Å². The molecule has 1 unspecified atom stereocenters. The van der Waals surface area contributed by atoms with Crippen molar-refractivity contribution in [1.82, 2.24) is 4.98 Å². The molecular formula is C12H16N2O3S. The molecule has 0 aromatic carbocycles. The number of pyridine rings is 1. The number of nitrogens with zero attached hydrogens (tertiary/aromatic N) is 1. The largest absolute Gasteiger partial charge is 0.464 e. The molecule has 98 valence electrons. The molecule has 0 radical (unpaired) electrons. The van der Waals surface area contributed by atoms with Crippen molar-refractivity contribution in [3.63, 3.8) is 0 Å². The first-order valence-corrected chi connectivity index (χ1v) is 6.78. The number of anilines is 1. The molecule has 1 aromatic heterocycles. The van der Waals surface area contributed by atoms with E-state index in [0.29, 0.717) is 10.7 Å². The molecule has 1 aromatic rings. The first kappa shape index (κ1) is 13.2. The molecule has 0 amide bonds. The number of methoxy groups -OCH3 is 1. The molecule has 2 rings (SSSR count). The molecule has 2 N–H and O–H groups in total. The number of rotatable bonds is 4. The molecule has 0 aliphatic carbocycles. The van der Waals surface area contributed by atoms with E-state index in [0.717, 1.165) is 25.2 Å². The van der Waals surface area contributed by atoms with E-state index in [9.17, 15) is 4.79 Å². The Hall–Kier alpha value is -1.27. The predicted molar refractivity (Wildman–Crippen MR) is 69.7 cm³/mol. The molecule has 1 atom stereocenters. The fraction of sp³-hybridized carbons (Fsp3) is 0.500. The molecule has 18 heavy (non-hydrogen) atoms. The van der Waals surface area contributed by atoms with Gasteiger partial charge < -0.3 is 15.2 Å². The number of carbonyl (C=O) groups is 1. The zero-order chi connectivity index (χ0) is 13.0. The van der Waals surface area contributed by atoms with Gasteiger partial charge in [-0.15, -0.1) is 11.8 Å². The van der Waals surface area contributed by atoms with Gasteiger partial charge in [-0.1, -0.05) is 0 Å². The van der Waals surface area contributed by atoms with E-state index in [1.807, 2.05) is 0 Å². The minimum Gasteiger partial charge on any atom is -0.464 e. The summed E-state index contributed by atoms with van der Waals surface area (Å²) in [5.41, 5.74) is 6.69. The summed E-state index contributed by atoms with van der Waals surface area (Å²) in [6.07, 6.45) is 2.44. The van der Waals surface area contributed by atoms with Crippen LogP contribution >= 0.6 is 11.8 Å². The summed E-state index contributed by atoms with van der Waals surface area (Å²) in [5, 5.41) is 0.661. The molecule has 1 fully saturated rings. The van der Waals surface area contributed by atoms with Gasteiger partial charge in [0.15, 0.2) is 0 Å². The quantitative estimate of drug-likeness (QED) is 0.662. The number of carbonyl (C=O) groups excluding carboxylic acids is 1. The van der Waals surface area contributed by atoms with Crippen LogP contribution in [0.25, 0.3) is 0 Å². The lowest BCUT2D eigenvalue weighted by Gasteiger charge is -2.10. The van der Waals surface area contributed by atoms with Crippen LogP contribution in [0, 0.1) is 0 Å². The number of nitrogen functional groups attached to an aromatic ring is 1. The lowest BCUT2D eigenvalue weighted by Crippen LogP contribution is -2.10. The molecule has 0 bridgehead atoms. The summed E-state index contributed by atoms with van der Waals surface area (Å²) in [7, 11) is 1.33. The van der Waals surface area contributed by atoms with Crippen LogP contribution in [-0.4, -0.2) is 36.5 Å². The van der Waals surface area contributed by atoms with Crippen molar-refractivity contribution in [3.8, 4) is 0 Å². The van der Waals surface area contributed by atoms with Gasteiger partial charge >= 0.3 is 5.97 Å². The number of esters is 1. The lowest BCUT2D eigenvalue weighted by atomic mass is 10.3. The Kier molecular flexibility index (Phi) is 4.43. The zero-order valence-electron chi connectivity index (χ0n) is 10.2. The van der Waals surface area contributed by atoms with Crippen molar-refractivity contribution in [1.29, 1.82) is 0 Å². The molecule has 0 saturated carbocycles. The van der Waals surface area contributed by atoms with Gasteiger partial charge in [-0.3, -0.25) is 0 Å². The molecule has 2 heterocycles. The Bertz CT molecular complexity index is 433. The number of aromatic nitrogens is 1. The van der Waals surface area contributed by atoms with Crippen LogP contribution in [0.5, 0.6) is 0 Å². The molecule has 1 saturated heterocycles. The van der Waals surface area contributed by atoms with Crippen molar-refractivity contribution >= 4 is 23.4 Å². The number of hydrogen-bond donors (Lipinski definition) is 1. The van der Waals surface area contributed by atoms with Gasteiger partial charge in [0.1, 0.15) is 10.7 Å². The van der Waals surface area contributed by atoms with Crippen LogP contribution < -0.4 is 5.73 Å². The van der Waals surface area contributed by atoms with Gasteiger partial charge in [0.2, 0.25) is 0 Å². The third kappa shape index (κ3) is 3.14. The molecule has 5 nitrogen and oxygen atoms in total. The second-order valence-corrected chi connectivity index (χ2v) is 5.04. The maximum absolute atomic E-state index is 11.4. The highest BCUT2D eigenvalue weighted by Crippen LogP contribution is 2.26. The zero-order valence-corrected chi connectivity index (χ0v) is 11.0. The van der Waals surface area contributed by atoms with Gasteiger partial charge in [-0.2, -0.15) is 0 Å². The van der Waals surface area contributed by atoms with Crippen molar-refractivity contribution < 1.29 is 14.3 Å². The molecule has 1 aliphatic heterocycles. The Morgan fingerprint density at radius 1 is 1.67 bits per heavy atom. The number of thioether (sulfide) groups is 1. The fourth-order valence-corrected chi connectivity index (χ4v) is 2.74. The van der Waals surface area contributed by atoms with Gasteiger partial charge in [0.25, 0.3) is 0 Å². The van der Waals surface area contributed by atoms with E-state index in [4.69, 9.17) is 10.5 Å². The Balaban J connectivity index is 2.03. The highest BCUT2D eigenvalue weighted by Gasteiger charge is 2.17. The Labute approximate surface area is 110 Å². The van der Waals surface area contributed by atoms with Crippen molar-refractivity contribution in [2.75, 3.05) is 25.2 Å². The van der Waals surface area contributed by atoms with Gasteiger partial charge in [-0.05, 0) is 25.0 Å².